The fraction of sp³-hybridized carbons (Fsp3) is 0.242. The van der Waals surface area contributed by atoms with Crippen molar-refractivity contribution in [3.63, 3.8) is 0 Å². The van der Waals surface area contributed by atoms with E-state index in [1.165, 1.54) is 16.8 Å². The Morgan fingerprint density at radius 2 is 1.88 bits per heavy atom. The van der Waals surface area contributed by atoms with Crippen LogP contribution in [0.1, 0.15) is 51.4 Å². The van der Waals surface area contributed by atoms with E-state index in [0.29, 0.717) is 35.6 Å². The lowest BCUT2D eigenvalue weighted by Crippen LogP contribution is -2.35. The summed E-state index contributed by atoms with van der Waals surface area (Å²) < 4.78 is 29.6. The Labute approximate surface area is 243 Å². The first-order chi connectivity index (χ1) is 20.0. The third kappa shape index (κ3) is 5.30. The SMILES string of the molecule is C=C/C=C\C1=C(N)NC(=O)[C@@]12Cc1ccc(/C=C/CN(C(=O)c3cc(C)nn3C)[C@H](C)c3cc(F)cc(F)c3)cc1C2. The summed E-state index contributed by atoms with van der Waals surface area (Å²) >= 11 is 0. The summed E-state index contributed by atoms with van der Waals surface area (Å²) in [6, 6.07) is 10.4. The molecule has 5 rings (SSSR count). The third-order valence-corrected chi connectivity index (χ3v) is 8.03. The monoisotopic (exact) mass is 569 g/mol. The Bertz CT molecular complexity index is 1660. The van der Waals surface area contributed by atoms with Crippen LogP contribution in [0.4, 0.5) is 8.78 Å². The van der Waals surface area contributed by atoms with Gasteiger partial charge < -0.3 is 16.0 Å². The van der Waals surface area contributed by atoms with Crippen LogP contribution in [0.3, 0.4) is 0 Å². The number of nitrogens with two attached hydrogens (primary N) is 1. The molecule has 1 aromatic heterocycles. The molecule has 216 valence electrons. The fourth-order valence-electron chi connectivity index (χ4n) is 5.93. The zero-order chi connectivity index (χ0) is 30.2. The summed E-state index contributed by atoms with van der Waals surface area (Å²) in [7, 11) is 1.68. The largest absolute Gasteiger partial charge is 0.385 e. The fourth-order valence-corrected chi connectivity index (χ4v) is 5.93. The van der Waals surface area contributed by atoms with Crippen molar-refractivity contribution < 1.29 is 18.4 Å². The van der Waals surface area contributed by atoms with Gasteiger partial charge in [-0.1, -0.05) is 55.2 Å². The second-order valence-corrected chi connectivity index (χ2v) is 10.9. The van der Waals surface area contributed by atoms with Crippen LogP contribution in [0, 0.1) is 24.0 Å². The second kappa shape index (κ2) is 11.2. The molecule has 2 heterocycles. The van der Waals surface area contributed by atoms with E-state index in [4.69, 9.17) is 5.73 Å². The minimum Gasteiger partial charge on any atom is -0.385 e. The summed E-state index contributed by atoms with van der Waals surface area (Å²) in [5.74, 6) is -1.47. The quantitative estimate of drug-likeness (QED) is 0.372. The number of hydrogen-bond donors (Lipinski definition) is 2. The number of aromatic nitrogens is 2. The Morgan fingerprint density at radius 3 is 2.55 bits per heavy atom. The van der Waals surface area contributed by atoms with Gasteiger partial charge in [-0.3, -0.25) is 14.3 Å². The highest BCUT2D eigenvalue weighted by Crippen LogP contribution is 2.46. The summed E-state index contributed by atoms with van der Waals surface area (Å²) in [4.78, 5) is 28.2. The zero-order valence-corrected chi connectivity index (χ0v) is 23.8. The number of rotatable bonds is 8. The van der Waals surface area contributed by atoms with E-state index in [2.05, 4.69) is 17.0 Å². The van der Waals surface area contributed by atoms with E-state index in [9.17, 15) is 18.4 Å². The topological polar surface area (TPSA) is 93.2 Å². The smallest absolute Gasteiger partial charge is 0.272 e. The lowest BCUT2D eigenvalue weighted by Gasteiger charge is -2.28. The number of nitrogens with one attached hydrogen (secondary N) is 1. The number of halogens is 2. The molecule has 0 saturated carbocycles. The highest BCUT2D eigenvalue weighted by atomic mass is 19.1. The van der Waals surface area contributed by atoms with Crippen molar-refractivity contribution in [1.82, 2.24) is 20.0 Å². The summed E-state index contributed by atoms with van der Waals surface area (Å²) in [6.45, 7) is 7.43. The van der Waals surface area contributed by atoms with Gasteiger partial charge in [0.2, 0.25) is 5.91 Å². The van der Waals surface area contributed by atoms with Crippen molar-refractivity contribution >= 4 is 17.9 Å². The van der Waals surface area contributed by atoms with Gasteiger partial charge in [-0.2, -0.15) is 5.10 Å². The molecule has 2 atom stereocenters. The van der Waals surface area contributed by atoms with Gasteiger partial charge in [-0.15, -0.1) is 0 Å². The maximum atomic E-state index is 14.1. The molecule has 2 amide bonds. The molecule has 2 aromatic carbocycles. The van der Waals surface area contributed by atoms with E-state index in [0.717, 1.165) is 28.3 Å². The second-order valence-electron chi connectivity index (χ2n) is 10.9. The van der Waals surface area contributed by atoms with Gasteiger partial charge in [0.05, 0.1) is 17.2 Å². The van der Waals surface area contributed by atoms with Crippen LogP contribution in [0.15, 0.2) is 84.7 Å². The Morgan fingerprint density at radius 1 is 1.17 bits per heavy atom. The number of carbonyl (C=O) groups excluding carboxylic acids is 2. The molecule has 2 aliphatic rings. The first-order valence-corrected chi connectivity index (χ1v) is 13.7. The average Bonchev–Trinajstić information content (AvgIpc) is 3.55. The molecule has 0 radical (unpaired) electrons. The first-order valence-electron chi connectivity index (χ1n) is 13.7. The Balaban J connectivity index is 1.40. The van der Waals surface area contributed by atoms with Crippen molar-refractivity contribution in [2.75, 3.05) is 6.54 Å². The molecule has 3 aromatic rings. The predicted molar refractivity (Wildman–Crippen MR) is 158 cm³/mol. The van der Waals surface area contributed by atoms with Crippen molar-refractivity contribution in [1.29, 1.82) is 0 Å². The number of benzene rings is 2. The van der Waals surface area contributed by atoms with Gasteiger partial charge >= 0.3 is 0 Å². The number of carbonyl (C=O) groups is 2. The van der Waals surface area contributed by atoms with Crippen LogP contribution in [0.5, 0.6) is 0 Å². The summed E-state index contributed by atoms with van der Waals surface area (Å²) in [5, 5.41) is 7.07. The first kappa shape index (κ1) is 28.7. The van der Waals surface area contributed by atoms with Gasteiger partial charge in [0.1, 0.15) is 23.1 Å². The van der Waals surface area contributed by atoms with Crippen LogP contribution in [-0.4, -0.2) is 33.0 Å². The molecule has 0 bridgehead atoms. The van der Waals surface area contributed by atoms with Gasteiger partial charge in [0, 0.05) is 25.2 Å². The average molecular weight is 570 g/mol. The number of allylic oxidation sites excluding steroid dienone is 3. The highest BCUT2D eigenvalue weighted by Gasteiger charge is 2.50. The molecule has 0 unspecified atom stereocenters. The van der Waals surface area contributed by atoms with Crippen LogP contribution < -0.4 is 11.1 Å². The van der Waals surface area contributed by atoms with Crippen LogP contribution in [-0.2, 0) is 24.7 Å². The van der Waals surface area contributed by atoms with Crippen molar-refractivity contribution in [3.8, 4) is 0 Å². The lowest BCUT2D eigenvalue weighted by atomic mass is 9.78. The number of nitrogens with zero attached hydrogens (tertiary/aromatic N) is 3. The van der Waals surface area contributed by atoms with Gasteiger partial charge in [-0.05, 0) is 67.1 Å². The standard InChI is InChI=1S/C33H33F2N5O2/c1-5-6-9-28-30(36)37-32(42)33(28)18-23-11-10-22(14-25(23)19-33)8-7-12-40(31(41)29-13-20(2)38-39(29)4)21(3)24-15-26(34)17-27(35)16-24/h5-11,13-17,21H,1,12,18-19,36H2,2-4H3,(H,37,42)/b8-7+,9-6-/t21-,33-/m1/s1. The molecule has 7 nitrogen and oxygen atoms in total. The Hall–Kier alpha value is -4.79. The number of aryl methyl sites for hydroxylation is 2. The molecule has 1 aliphatic carbocycles. The molecule has 0 saturated heterocycles. The van der Waals surface area contributed by atoms with Gasteiger partial charge in [0.25, 0.3) is 5.91 Å². The maximum absolute atomic E-state index is 14.1. The van der Waals surface area contributed by atoms with E-state index >= 15 is 0 Å². The van der Waals surface area contributed by atoms with Crippen molar-refractivity contribution in [2.24, 2.45) is 18.2 Å². The highest BCUT2D eigenvalue weighted by molar-refractivity contribution is 5.94. The van der Waals surface area contributed by atoms with E-state index in [1.54, 1.807) is 44.0 Å². The van der Waals surface area contributed by atoms with E-state index in [1.807, 2.05) is 36.4 Å². The molecular formula is C33H33F2N5O2. The third-order valence-electron chi connectivity index (χ3n) is 8.03. The molecule has 1 spiro atoms. The van der Waals surface area contributed by atoms with Gasteiger partial charge in [0.15, 0.2) is 0 Å². The van der Waals surface area contributed by atoms with Crippen LogP contribution in [0.2, 0.25) is 0 Å². The predicted octanol–water partition coefficient (Wildman–Crippen LogP) is 5.05. The summed E-state index contributed by atoms with van der Waals surface area (Å²) in [5.41, 5.74) is 10.6. The van der Waals surface area contributed by atoms with Gasteiger partial charge in [-0.25, -0.2) is 8.78 Å². The number of amides is 2. The van der Waals surface area contributed by atoms with E-state index in [-0.39, 0.29) is 18.4 Å². The minimum absolute atomic E-state index is 0.112. The number of fused-ring (bicyclic) bond motifs is 1. The molecule has 1 aliphatic heterocycles. The molecule has 9 heteroatoms. The molecular weight excluding hydrogens is 536 g/mol. The molecule has 42 heavy (non-hydrogen) atoms. The molecule has 3 N–H and O–H groups in total. The van der Waals surface area contributed by atoms with Crippen molar-refractivity contribution in [3.05, 3.63) is 130 Å². The number of hydrogen-bond acceptors (Lipinski definition) is 4. The lowest BCUT2D eigenvalue weighted by molar-refractivity contribution is -0.126. The van der Waals surface area contributed by atoms with E-state index < -0.39 is 23.1 Å². The minimum atomic E-state index is -0.756. The Kier molecular flexibility index (Phi) is 7.69. The maximum Gasteiger partial charge on any atom is 0.272 e. The molecule has 0 fully saturated rings. The van der Waals surface area contributed by atoms with Crippen LogP contribution in [0.25, 0.3) is 6.08 Å². The zero-order valence-electron chi connectivity index (χ0n) is 23.8. The van der Waals surface area contributed by atoms with Crippen LogP contribution >= 0.6 is 0 Å². The summed E-state index contributed by atoms with van der Waals surface area (Å²) in [6.07, 6.45) is 10.1. The normalized spacial score (nSPS) is 18.7. The van der Waals surface area contributed by atoms with Crippen molar-refractivity contribution in [2.45, 2.75) is 32.7 Å².